The van der Waals surface area contributed by atoms with Gasteiger partial charge in [0, 0.05) is 10.8 Å². The highest BCUT2D eigenvalue weighted by atomic mass is 32.1. The zero-order chi connectivity index (χ0) is 21.3. The highest BCUT2D eigenvalue weighted by Gasteiger charge is 2.19. The van der Waals surface area contributed by atoms with Crippen molar-refractivity contribution in [1.29, 1.82) is 0 Å². The molecule has 0 atom stereocenters. The third-order valence-corrected chi connectivity index (χ3v) is 5.51. The molecule has 0 saturated carbocycles. The zero-order valence-electron chi connectivity index (χ0n) is 15.3. The Morgan fingerprint density at radius 3 is 1.76 bits per heavy atom. The van der Waals surface area contributed by atoms with Crippen molar-refractivity contribution in [3.8, 4) is 11.5 Å². The number of hydrogen-bond donors (Lipinski definition) is 0. The van der Waals surface area contributed by atoms with Gasteiger partial charge in [-0.1, -0.05) is 18.2 Å². The van der Waals surface area contributed by atoms with Crippen LogP contribution in [0.15, 0.2) is 36.4 Å². The monoisotopic (exact) mass is 428 g/mol. The number of alkyl halides is 2. The van der Waals surface area contributed by atoms with Crippen molar-refractivity contribution in [3.63, 3.8) is 0 Å². The molecule has 0 aliphatic heterocycles. The number of ether oxygens (including phenoxy) is 1. The van der Waals surface area contributed by atoms with Crippen molar-refractivity contribution in [2.24, 2.45) is 0 Å². The first-order chi connectivity index (χ1) is 13.8. The summed E-state index contributed by atoms with van der Waals surface area (Å²) in [5.41, 5.74) is 0.597. The van der Waals surface area contributed by atoms with E-state index in [9.17, 15) is 26.3 Å². The fraction of sp³-hybridized carbons (Fsp3) is 0.143. The molecule has 4 rings (SSSR count). The zero-order valence-corrected chi connectivity index (χ0v) is 16.1. The average molecular weight is 428 g/mol. The fourth-order valence-electron chi connectivity index (χ4n) is 2.82. The minimum Gasteiger partial charge on any atom is -0.451 e. The van der Waals surface area contributed by atoms with E-state index in [0.29, 0.717) is 21.0 Å². The lowest BCUT2D eigenvalue weighted by Gasteiger charge is -2.09. The van der Waals surface area contributed by atoms with Crippen LogP contribution >= 0.6 is 11.3 Å². The summed E-state index contributed by atoms with van der Waals surface area (Å²) in [5, 5.41) is 1.15. The van der Waals surface area contributed by atoms with E-state index in [-0.39, 0.29) is 16.0 Å². The van der Waals surface area contributed by atoms with Gasteiger partial charge in [-0.15, -0.1) is 11.3 Å². The summed E-state index contributed by atoms with van der Waals surface area (Å²) in [6, 6.07) is 8.88. The number of thiophene rings is 1. The molecule has 1 heterocycles. The van der Waals surface area contributed by atoms with Crippen LogP contribution in [0.3, 0.4) is 0 Å². The second kappa shape index (κ2) is 8.32. The molecule has 4 aromatic rings. The molecule has 0 N–H and O–H groups in total. The Morgan fingerprint density at radius 1 is 0.655 bits per heavy atom. The van der Waals surface area contributed by atoms with E-state index >= 15 is 0 Å². The standard InChI is InChI=1S/C20H12F4OS.CH2F2/c1-9-4-7-13(17(23)15(9)21)25-14-8-6-12-11-5-3-10(2)16(22)19(11)26-20(12)18(14)24;2-1-3/h3-8H,1-2H3;1H2. The Labute approximate surface area is 166 Å². The lowest BCUT2D eigenvalue weighted by molar-refractivity contribution is 0.295. The van der Waals surface area contributed by atoms with Gasteiger partial charge in [-0.05, 0) is 43.2 Å². The predicted octanol–water partition coefficient (Wildman–Crippen LogP) is 7.90. The van der Waals surface area contributed by atoms with E-state index in [1.807, 2.05) is 0 Å². The minimum atomic E-state index is -1.75. The SMILES string of the molecule is Cc1ccc(Oc2ccc3c(sc4c(F)c(C)ccc43)c2F)c(F)c1F.FCF. The van der Waals surface area contributed by atoms with Gasteiger partial charge in [-0.2, -0.15) is 4.39 Å². The van der Waals surface area contributed by atoms with Crippen LogP contribution in [0, 0.1) is 37.1 Å². The topological polar surface area (TPSA) is 9.23 Å². The van der Waals surface area contributed by atoms with Crippen LogP contribution < -0.4 is 4.74 Å². The van der Waals surface area contributed by atoms with E-state index in [4.69, 9.17) is 4.74 Å². The summed E-state index contributed by atoms with van der Waals surface area (Å²) in [6.45, 7) is 1.31. The van der Waals surface area contributed by atoms with Gasteiger partial charge in [0.1, 0.15) is 5.82 Å². The molecular formula is C21H14F6OS. The maximum Gasteiger partial charge on any atom is 0.229 e. The van der Waals surface area contributed by atoms with Crippen molar-refractivity contribution in [2.45, 2.75) is 13.8 Å². The van der Waals surface area contributed by atoms with Crippen molar-refractivity contribution in [3.05, 3.63) is 70.8 Å². The molecule has 0 saturated heterocycles. The molecular weight excluding hydrogens is 414 g/mol. The van der Waals surface area contributed by atoms with E-state index in [1.54, 1.807) is 25.1 Å². The summed E-state index contributed by atoms with van der Waals surface area (Å²) < 4.78 is 81.9. The lowest BCUT2D eigenvalue weighted by Crippen LogP contribution is -1.96. The van der Waals surface area contributed by atoms with E-state index in [0.717, 1.165) is 11.3 Å². The van der Waals surface area contributed by atoms with Crippen LogP contribution in [-0.2, 0) is 0 Å². The van der Waals surface area contributed by atoms with E-state index < -0.39 is 35.9 Å². The molecule has 1 aromatic heterocycles. The third-order valence-electron chi connectivity index (χ3n) is 4.31. The van der Waals surface area contributed by atoms with Gasteiger partial charge in [-0.3, -0.25) is 0 Å². The number of hydrogen-bond acceptors (Lipinski definition) is 2. The van der Waals surface area contributed by atoms with Gasteiger partial charge >= 0.3 is 0 Å². The Morgan fingerprint density at radius 2 is 1.10 bits per heavy atom. The van der Waals surface area contributed by atoms with Crippen LogP contribution in [0.5, 0.6) is 11.5 Å². The van der Waals surface area contributed by atoms with Crippen molar-refractivity contribution in [1.82, 2.24) is 0 Å². The molecule has 0 amide bonds. The van der Waals surface area contributed by atoms with E-state index in [2.05, 4.69) is 0 Å². The number of halogens is 6. The summed E-state index contributed by atoms with van der Waals surface area (Å²) in [4.78, 5) is 0. The molecule has 0 spiro atoms. The summed E-state index contributed by atoms with van der Waals surface area (Å²) in [6.07, 6.45) is 0. The first-order valence-corrected chi connectivity index (χ1v) is 9.16. The van der Waals surface area contributed by atoms with Gasteiger partial charge < -0.3 is 4.74 Å². The number of aryl methyl sites for hydroxylation is 2. The summed E-state index contributed by atoms with van der Waals surface area (Å²) in [5.74, 6) is -4.00. The van der Waals surface area contributed by atoms with Crippen LogP contribution in [0.25, 0.3) is 20.2 Å². The number of fused-ring (bicyclic) bond motifs is 3. The van der Waals surface area contributed by atoms with E-state index in [1.165, 1.54) is 25.1 Å². The quantitative estimate of drug-likeness (QED) is 0.295. The molecule has 0 unspecified atom stereocenters. The molecule has 0 aliphatic carbocycles. The lowest BCUT2D eigenvalue weighted by atomic mass is 10.1. The Kier molecular flexibility index (Phi) is 6.02. The molecule has 1 nitrogen and oxygen atoms in total. The average Bonchev–Trinajstić information content (AvgIpc) is 3.08. The highest BCUT2D eigenvalue weighted by Crippen LogP contribution is 2.41. The maximum absolute atomic E-state index is 14.9. The van der Waals surface area contributed by atoms with Gasteiger partial charge in [-0.25, -0.2) is 22.0 Å². The van der Waals surface area contributed by atoms with Gasteiger partial charge in [0.2, 0.25) is 12.7 Å². The van der Waals surface area contributed by atoms with Gasteiger partial charge in [0.05, 0.1) is 9.40 Å². The number of benzene rings is 3. The number of rotatable bonds is 2. The second-order valence-electron chi connectivity index (χ2n) is 6.14. The predicted molar refractivity (Wildman–Crippen MR) is 102 cm³/mol. The van der Waals surface area contributed by atoms with Crippen LogP contribution in [0.1, 0.15) is 11.1 Å². The van der Waals surface area contributed by atoms with Gasteiger partial charge in [0.25, 0.3) is 0 Å². The molecule has 0 fully saturated rings. The fourth-order valence-corrected chi connectivity index (χ4v) is 4.04. The smallest absolute Gasteiger partial charge is 0.229 e. The Balaban J connectivity index is 0.000000755. The Bertz CT molecular complexity index is 1200. The largest absolute Gasteiger partial charge is 0.451 e. The molecule has 8 heteroatoms. The van der Waals surface area contributed by atoms with Crippen LogP contribution in [0.4, 0.5) is 26.3 Å². The van der Waals surface area contributed by atoms with Crippen molar-refractivity contribution >= 4 is 31.5 Å². The molecule has 0 bridgehead atoms. The van der Waals surface area contributed by atoms with Gasteiger partial charge in [0.15, 0.2) is 23.1 Å². The molecule has 0 aliphatic rings. The second-order valence-corrected chi connectivity index (χ2v) is 7.16. The molecule has 152 valence electrons. The maximum atomic E-state index is 14.9. The van der Waals surface area contributed by atoms with Crippen molar-refractivity contribution < 1.29 is 31.1 Å². The first-order valence-electron chi connectivity index (χ1n) is 8.34. The molecule has 3 aromatic carbocycles. The highest BCUT2D eigenvalue weighted by molar-refractivity contribution is 7.25. The van der Waals surface area contributed by atoms with Crippen molar-refractivity contribution in [2.75, 3.05) is 6.93 Å². The molecule has 0 radical (unpaired) electrons. The summed E-state index contributed by atoms with van der Waals surface area (Å²) >= 11 is 0.966. The third kappa shape index (κ3) is 3.76. The normalized spacial score (nSPS) is 10.9. The molecule has 29 heavy (non-hydrogen) atoms. The summed E-state index contributed by atoms with van der Waals surface area (Å²) in [7, 11) is 0. The minimum absolute atomic E-state index is 0.126. The van der Waals surface area contributed by atoms with Crippen LogP contribution in [-0.4, -0.2) is 6.93 Å². The van der Waals surface area contributed by atoms with Crippen LogP contribution in [0.2, 0.25) is 0 Å². The first kappa shape index (κ1) is 21.0. The Hall–Kier alpha value is -2.74.